The van der Waals surface area contributed by atoms with Crippen LogP contribution in [0.5, 0.6) is 0 Å². The lowest BCUT2D eigenvalue weighted by molar-refractivity contribution is -0.121. The second-order valence-corrected chi connectivity index (χ2v) is 4.93. The molecule has 0 aromatic heterocycles. The summed E-state index contributed by atoms with van der Waals surface area (Å²) < 4.78 is 4.80. The highest BCUT2D eigenvalue weighted by molar-refractivity contribution is 5.95. The maximum Gasteiger partial charge on any atom is 0.321 e. The number of ether oxygens (including phenoxy) is 1. The average Bonchev–Trinajstić information content (AvgIpc) is 2.83. The molecule has 0 radical (unpaired) electrons. The van der Waals surface area contributed by atoms with Crippen LogP contribution < -0.4 is 10.6 Å². The van der Waals surface area contributed by atoms with Gasteiger partial charge in [0.2, 0.25) is 5.91 Å². The van der Waals surface area contributed by atoms with E-state index >= 15 is 0 Å². The van der Waals surface area contributed by atoms with E-state index in [1.165, 1.54) is 0 Å². The second kappa shape index (κ2) is 9.68. The van der Waals surface area contributed by atoms with Gasteiger partial charge in [0.1, 0.15) is 0 Å². The Hall–Kier alpha value is -1.18. The standard InChI is InChI=1S/C13H25N3O4/c1-20-9-6-14-13(19)15-12(18)10-16-7-2-4-11(16)5-3-8-17/h11,17H,2-10H2,1H3,(H2,14,15,18,19). The Bertz CT molecular complexity index is 312. The fraction of sp³-hybridized carbons (Fsp3) is 0.846. The molecule has 20 heavy (non-hydrogen) atoms. The van der Waals surface area contributed by atoms with Gasteiger partial charge in [-0.1, -0.05) is 0 Å². The fourth-order valence-corrected chi connectivity index (χ4v) is 2.42. The number of carbonyl (C=O) groups excluding carboxylic acids is 2. The number of hydrogen-bond donors (Lipinski definition) is 3. The zero-order chi connectivity index (χ0) is 14.8. The maximum atomic E-state index is 11.8. The molecule has 1 saturated heterocycles. The van der Waals surface area contributed by atoms with Gasteiger partial charge in [0, 0.05) is 26.3 Å². The summed E-state index contributed by atoms with van der Waals surface area (Å²) in [6.45, 7) is 2.07. The number of nitrogens with one attached hydrogen (secondary N) is 2. The van der Waals surface area contributed by atoms with E-state index in [2.05, 4.69) is 15.5 Å². The minimum absolute atomic E-state index is 0.179. The number of hydrogen-bond acceptors (Lipinski definition) is 5. The Morgan fingerprint density at radius 1 is 1.45 bits per heavy atom. The minimum Gasteiger partial charge on any atom is -0.396 e. The number of likely N-dealkylation sites (tertiary alicyclic amines) is 1. The third kappa shape index (κ3) is 6.31. The molecule has 1 heterocycles. The Labute approximate surface area is 119 Å². The van der Waals surface area contributed by atoms with E-state index in [1.54, 1.807) is 7.11 Å². The summed E-state index contributed by atoms with van der Waals surface area (Å²) in [4.78, 5) is 25.2. The van der Waals surface area contributed by atoms with Crippen LogP contribution in [0, 0.1) is 0 Å². The van der Waals surface area contributed by atoms with E-state index in [-0.39, 0.29) is 19.1 Å². The van der Waals surface area contributed by atoms with Gasteiger partial charge < -0.3 is 15.2 Å². The van der Waals surface area contributed by atoms with Crippen molar-refractivity contribution in [3.8, 4) is 0 Å². The monoisotopic (exact) mass is 287 g/mol. The normalized spacial score (nSPS) is 19.0. The van der Waals surface area contributed by atoms with E-state index in [4.69, 9.17) is 9.84 Å². The molecule has 116 valence electrons. The van der Waals surface area contributed by atoms with Crippen LogP contribution in [0.1, 0.15) is 25.7 Å². The first kappa shape index (κ1) is 16.9. The molecule has 1 aliphatic heterocycles. The number of imide groups is 1. The number of urea groups is 1. The number of carbonyl (C=O) groups is 2. The number of methoxy groups -OCH3 is 1. The van der Waals surface area contributed by atoms with E-state index in [0.29, 0.717) is 19.2 Å². The SMILES string of the molecule is COCCNC(=O)NC(=O)CN1CCCC1CCCO. The van der Waals surface area contributed by atoms with Gasteiger partial charge in [-0.25, -0.2) is 4.79 Å². The van der Waals surface area contributed by atoms with Gasteiger partial charge in [-0.2, -0.15) is 0 Å². The van der Waals surface area contributed by atoms with Crippen molar-refractivity contribution in [2.75, 3.05) is 40.0 Å². The largest absolute Gasteiger partial charge is 0.396 e. The molecule has 1 atom stereocenters. The first-order chi connectivity index (χ1) is 9.67. The summed E-state index contributed by atoms with van der Waals surface area (Å²) in [6.07, 6.45) is 3.75. The molecule has 0 aromatic carbocycles. The lowest BCUT2D eigenvalue weighted by atomic mass is 10.1. The Morgan fingerprint density at radius 3 is 2.95 bits per heavy atom. The molecule has 0 spiro atoms. The van der Waals surface area contributed by atoms with Crippen molar-refractivity contribution in [2.24, 2.45) is 0 Å². The first-order valence-electron chi connectivity index (χ1n) is 7.09. The van der Waals surface area contributed by atoms with Crippen LogP contribution in [-0.2, 0) is 9.53 Å². The summed E-state index contributed by atoms with van der Waals surface area (Å²) in [6, 6.07) is -0.150. The topological polar surface area (TPSA) is 90.9 Å². The highest BCUT2D eigenvalue weighted by atomic mass is 16.5. The predicted octanol–water partition coefficient (Wildman–Crippen LogP) is -0.304. The second-order valence-electron chi connectivity index (χ2n) is 4.93. The number of aliphatic hydroxyl groups is 1. The molecule has 0 bridgehead atoms. The van der Waals surface area contributed by atoms with Crippen LogP contribution >= 0.6 is 0 Å². The van der Waals surface area contributed by atoms with Crippen molar-refractivity contribution in [3.63, 3.8) is 0 Å². The maximum absolute atomic E-state index is 11.8. The van der Waals surface area contributed by atoms with Gasteiger partial charge in [0.05, 0.1) is 13.2 Å². The number of amides is 3. The van der Waals surface area contributed by atoms with Gasteiger partial charge in [-0.05, 0) is 32.2 Å². The highest BCUT2D eigenvalue weighted by Crippen LogP contribution is 2.20. The van der Waals surface area contributed by atoms with Crippen molar-refractivity contribution < 1.29 is 19.4 Å². The van der Waals surface area contributed by atoms with Crippen LogP contribution in [0.4, 0.5) is 4.79 Å². The Morgan fingerprint density at radius 2 is 2.25 bits per heavy atom. The minimum atomic E-state index is -0.488. The molecule has 3 amide bonds. The smallest absolute Gasteiger partial charge is 0.321 e. The van der Waals surface area contributed by atoms with Crippen molar-refractivity contribution in [1.82, 2.24) is 15.5 Å². The lowest BCUT2D eigenvalue weighted by Crippen LogP contribution is -2.46. The number of rotatable bonds is 8. The molecular formula is C13H25N3O4. The summed E-state index contributed by atoms with van der Waals surface area (Å²) in [5.74, 6) is -0.296. The van der Waals surface area contributed by atoms with Crippen molar-refractivity contribution in [3.05, 3.63) is 0 Å². The van der Waals surface area contributed by atoms with Crippen molar-refractivity contribution in [2.45, 2.75) is 31.7 Å². The summed E-state index contributed by atoms with van der Waals surface area (Å²) in [5, 5.41) is 13.7. The van der Waals surface area contributed by atoms with Gasteiger partial charge in [-0.3, -0.25) is 15.0 Å². The quantitative estimate of drug-likeness (QED) is 0.533. The van der Waals surface area contributed by atoms with E-state index < -0.39 is 6.03 Å². The number of nitrogens with zero attached hydrogens (tertiary/aromatic N) is 1. The molecule has 0 aliphatic carbocycles. The zero-order valence-electron chi connectivity index (χ0n) is 12.1. The first-order valence-corrected chi connectivity index (χ1v) is 7.09. The third-order valence-electron chi connectivity index (χ3n) is 3.39. The van der Waals surface area contributed by atoms with E-state index in [0.717, 1.165) is 32.2 Å². The van der Waals surface area contributed by atoms with Crippen molar-refractivity contribution >= 4 is 11.9 Å². The third-order valence-corrected chi connectivity index (χ3v) is 3.39. The Kier molecular flexibility index (Phi) is 8.17. The lowest BCUT2D eigenvalue weighted by Gasteiger charge is -2.23. The van der Waals surface area contributed by atoms with Crippen molar-refractivity contribution in [1.29, 1.82) is 0 Å². The predicted molar refractivity (Wildman–Crippen MR) is 74.3 cm³/mol. The average molecular weight is 287 g/mol. The molecule has 1 rings (SSSR count). The van der Waals surface area contributed by atoms with E-state index in [9.17, 15) is 9.59 Å². The molecule has 7 nitrogen and oxygen atoms in total. The van der Waals surface area contributed by atoms with Crippen LogP contribution in [0.2, 0.25) is 0 Å². The van der Waals surface area contributed by atoms with Gasteiger partial charge >= 0.3 is 6.03 Å². The fourth-order valence-electron chi connectivity index (χ4n) is 2.42. The molecule has 1 aliphatic rings. The molecule has 3 N–H and O–H groups in total. The molecule has 0 saturated carbocycles. The van der Waals surface area contributed by atoms with Crippen LogP contribution in [0.3, 0.4) is 0 Å². The molecule has 7 heteroatoms. The molecule has 0 aromatic rings. The molecule has 1 unspecified atom stereocenters. The summed E-state index contributed by atoms with van der Waals surface area (Å²) >= 11 is 0. The van der Waals surface area contributed by atoms with Gasteiger partial charge in [-0.15, -0.1) is 0 Å². The van der Waals surface area contributed by atoms with Crippen LogP contribution in [-0.4, -0.2) is 67.9 Å². The zero-order valence-corrected chi connectivity index (χ0v) is 12.1. The number of aliphatic hydroxyl groups excluding tert-OH is 1. The summed E-state index contributed by atoms with van der Waals surface area (Å²) in [7, 11) is 1.55. The summed E-state index contributed by atoms with van der Waals surface area (Å²) in [5.41, 5.74) is 0. The molecule has 1 fully saturated rings. The highest BCUT2D eigenvalue weighted by Gasteiger charge is 2.25. The van der Waals surface area contributed by atoms with E-state index in [1.807, 2.05) is 0 Å². The van der Waals surface area contributed by atoms with Crippen LogP contribution in [0.25, 0.3) is 0 Å². The molecular weight excluding hydrogens is 262 g/mol. The van der Waals surface area contributed by atoms with Gasteiger partial charge in [0.25, 0.3) is 0 Å². The van der Waals surface area contributed by atoms with Gasteiger partial charge in [0.15, 0.2) is 0 Å². The Balaban J connectivity index is 2.25. The van der Waals surface area contributed by atoms with Crippen LogP contribution in [0.15, 0.2) is 0 Å².